The van der Waals surface area contributed by atoms with Crippen LogP contribution in [0.2, 0.25) is 0 Å². The number of hydrogen-bond donors (Lipinski definition) is 3. The molecule has 4 rings (SSSR count). The van der Waals surface area contributed by atoms with E-state index in [0.29, 0.717) is 18.6 Å². The van der Waals surface area contributed by atoms with Gasteiger partial charge in [-0.3, -0.25) is 24.0 Å². The van der Waals surface area contributed by atoms with E-state index in [0.717, 1.165) is 16.6 Å². The molecule has 0 saturated heterocycles. The summed E-state index contributed by atoms with van der Waals surface area (Å²) in [6, 6.07) is 2.83. The summed E-state index contributed by atoms with van der Waals surface area (Å²) in [4.78, 5) is 66.7. The maximum absolute atomic E-state index is 14.1. The lowest BCUT2D eigenvalue weighted by molar-refractivity contribution is -0.136. The second-order valence-corrected chi connectivity index (χ2v) is 11.6. The number of carbonyl (C=O) groups is 3. The summed E-state index contributed by atoms with van der Waals surface area (Å²) in [5, 5.41) is 15.6. The number of aromatic hydroxyl groups is 1. The van der Waals surface area contributed by atoms with Crippen LogP contribution in [0.25, 0.3) is 0 Å². The summed E-state index contributed by atoms with van der Waals surface area (Å²) < 4.78 is 14.6. The quantitative estimate of drug-likeness (QED) is 0.455. The molecule has 3 amide bonds. The van der Waals surface area contributed by atoms with Crippen molar-refractivity contribution in [2.75, 3.05) is 26.2 Å². The molecule has 3 heterocycles. The number of fused-ring (bicyclic) bond motifs is 1. The first-order valence-corrected chi connectivity index (χ1v) is 15.0. The zero-order valence-corrected chi connectivity index (χ0v) is 26.3. The number of rotatable bonds is 5. The van der Waals surface area contributed by atoms with Crippen molar-refractivity contribution in [2.45, 2.75) is 46.3 Å². The number of carbonyl (C=O) groups excluding carboxylic acids is 3. The fourth-order valence-electron chi connectivity index (χ4n) is 5.31. The number of allylic oxidation sites excluding steroid dienone is 4. The molecule has 3 N–H and O–H groups in total. The first kappa shape index (κ1) is 33.1. The fraction of sp³-hybridized carbons (Fsp3) is 0.469. The molecule has 45 heavy (non-hydrogen) atoms. The van der Waals surface area contributed by atoms with E-state index < -0.39 is 40.9 Å². The van der Waals surface area contributed by atoms with Crippen molar-refractivity contribution in [3.63, 3.8) is 0 Å². The highest BCUT2D eigenvalue weighted by Gasteiger charge is 2.30. The van der Waals surface area contributed by atoms with Crippen LogP contribution in [0.4, 0.5) is 0 Å². The normalized spacial score (nSPS) is 19.5. The van der Waals surface area contributed by atoms with Crippen molar-refractivity contribution in [1.82, 2.24) is 24.7 Å². The van der Waals surface area contributed by atoms with Crippen molar-refractivity contribution in [1.29, 1.82) is 0 Å². The summed E-state index contributed by atoms with van der Waals surface area (Å²) in [6.07, 6.45) is 7.66. The standard InChI is InChI=1S/C32H41N5O8/c1-19(2)24-18-21-8-6-7-9-25(21)44-20(3)45-27-23(11-15-36(5)32(27)43)29(40)34-13-17-37(30(24)41)16-12-33-28(39)22-10-14-35(4)31(42)26(22)38/h6,8,10-11,14-15,19-20,24,38H,7,9,12-13,16-18H2,1-5H3,(H,33,39)(H,34,40)/t20-,24?/m1/s1. The highest BCUT2D eigenvalue weighted by Crippen LogP contribution is 2.31. The maximum Gasteiger partial charge on any atom is 0.293 e. The zero-order valence-electron chi connectivity index (χ0n) is 26.3. The molecule has 2 aliphatic rings. The second-order valence-electron chi connectivity index (χ2n) is 11.6. The smallest absolute Gasteiger partial charge is 0.293 e. The van der Waals surface area contributed by atoms with Crippen molar-refractivity contribution in [2.24, 2.45) is 25.9 Å². The molecule has 1 unspecified atom stereocenters. The lowest BCUT2D eigenvalue weighted by atomic mass is 9.85. The first-order valence-electron chi connectivity index (χ1n) is 15.0. The van der Waals surface area contributed by atoms with Crippen molar-refractivity contribution < 1.29 is 29.0 Å². The van der Waals surface area contributed by atoms with Gasteiger partial charge in [0.2, 0.25) is 17.9 Å². The number of pyridine rings is 2. The molecule has 242 valence electrons. The summed E-state index contributed by atoms with van der Waals surface area (Å²) in [5.41, 5.74) is -0.468. The van der Waals surface area contributed by atoms with Crippen molar-refractivity contribution >= 4 is 17.7 Å². The monoisotopic (exact) mass is 623 g/mol. The van der Waals surface area contributed by atoms with Crippen LogP contribution in [0.3, 0.4) is 0 Å². The Morgan fingerprint density at radius 3 is 2.53 bits per heavy atom. The molecule has 1 aliphatic carbocycles. The van der Waals surface area contributed by atoms with Crippen molar-refractivity contribution in [3.8, 4) is 11.5 Å². The van der Waals surface area contributed by atoms with Crippen LogP contribution in [0, 0.1) is 11.8 Å². The third-order valence-electron chi connectivity index (χ3n) is 7.97. The van der Waals surface area contributed by atoms with Crippen LogP contribution < -0.4 is 26.5 Å². The molecule has 0 fully saturated rings. The Labute approximate surface area is 261 Å². The molecule has 0 saturated carbocycles. The third kappa shape index (κ3) is 7.65. The van der Waals surface area contributed by atoms with Crippen LogP contribution in [-0.4, -0.2) is 69.3 Å². The van der Waals surface area contributed by atoms with Gasteiger partial charge in [0.15, 0.2) is 5.75 Å². The second kappa shape index (κ2) is 14.3. The Kier molecular flexibility index (Phi) is 10.5. The average Bonchev–Trinajstić information content (AvgIpc) is 3.00. The molecule has 1 aliphatic heterocycles. The molecule has 13 heteroatoms. The zero-order chi connectivity index (χ0) is 32.8. The third-order valence-corrected chi connectivity index (χ3v) is 7.97. The minimum atomic E-state index is -0.883. The van der Waals surface area contributed by atoms with E-state index in [-0.39, 0.29) is 54.9 Å². The van der Waals surface area contributed by atoms with Gasteiger partial charge in [-0.25, -0.2) is 0 Å². The van der Waals surface area contributed by atoms with Crippen molar-refractivity contribution in [3.05, 3.63) is 79.8 Å². The number of nitrogens with zero attached hydrogens (tertiary/aromatic N) is 3. The Hall–Kier alpha value is -4.81. The van der Waals surface area contributed by atoms with Gasteiger partial charge in [-0.1, -0.05) is 26.0 Å². The number of aromatic nitrogens is 2. The maximum atomic E-state index is 14.1. The first-order chi connectivity index (χ1) is 21.4. The predicted molar refractivity (Wildman–Crippen MR) is 166 cm³/mol. The number of ether oxygens (including phenoxy) is 2. The summed E-state index contributed by atoms with van der Waals surface area (Å²) in [6.45, 7) is 5.89. The minimum absolute atomic E-state index is 0.0270. The van der Waals surface area contributed by atoms with Gasteiger partial charge in [-0.15, -0.1) is 0 Å². The number of amides is 3. The molecule has 2 aromatic rings. The Morgan fingerprint density at radius 2 is 1.80 bits per heavy atom. The number of nitrogens with one attached hydrogen (secondary N) is 2. The molecule has 2 atom stereocenters. The Bertz CT molecular complexity index is 1640. The molecule has 13 nitrogen and oxygen atoms in total. The van der Waals surface area contributed by atoms with Crippen LogP contribution in [0.15, 0.2) is 57.6 Å². The molecular weight excluding hydrogens is 582 g/mol. The Morgan fingerprint density at radius 1 is 1.09 bits per heavy atom. The highest BCUT2D eigenvalue weighted by molar-refractivity contribution is 5.97. The van der Waals surface area contributed by atoms with Gasteiger partial charge >= 0.3 is 0 Å². The van der Waals surface area contributed by atoms with E-state index in [1.165, 1.54) is 36.1 Å². The van der Waals surface area contributed by atoms with E-state index in [4.69, 9.17) is 9.47 Å². The molecule has 0 radical (unpaired) electrons. The molecule has 2 aromatic heterocycles. The van der Waals surface area contributed by atoms with Gasteiger partial charge in [0, 0.05) is 71.9 Å². The number of hydrogen-bond acceptors (Lipinski definition) is 8. The average molecular weight is 624 g/mol. The molecule has 0 bridgehead atoms. The minimum Gasteiger partial charge on any atom is -0.502 e. The molecular formula is C32H41N5O8. The van der Waals surface area contributed by atoms with Crippen LogP contribution in [0.5, 0.6) is 11.5 Å². The van der Waals surface area contributed by atoms with E-state index in [1.54, 1.807) is 18.9 Å². The fourth-order valence-corrected chi connectivity index (χ4v) is 5.31. The SMILES string of the molecule is CC(C)C1CC2=C(CCC=C2)O[C@@H](C)Oc2c(ccn(C)c2=O)C(=O)NCCN(CCNC(=O)c2ccn(C)c(=O)c2O)C1=O. The van der Waals surface area contributed by atoms with Gasteiger partial charge in [0.1, 0.15) is 5.76 Å². The topological polar surface area (TPSA) is 161 Å². The molecule has 0 aromatic carbocycles. The summed E-state index contributed by atoms with van der Waals surface area (Å²) in [7, 11) is 3.02. The largest absolute Gasteiger partial charge is 0.502 e. The van der Waals surface area contributed by atoms with Gasteiger partial charge in [0.05, 0.1) is 11.1 Å². The Balaban J connectivity index is 1.63. The van der Waals surface area contributed by atoms with Gasteiger partial charge in [-0.05, 0) is 36.5 Å². The molecule has 0 spiro atoms. The van der Waals surface area contributed by atoms with Crippen LogP contribution in [0.1, 0.15) is 60.7 Å². The lowest BCUT2D eigenvalue weighted by Gasteiger charge is -2.31. The van der Waals surface area contributed by atoms with Gasteiger partial charge in [0.25, 0.3) is 22.9 Å². The van der Waals surface area contributed by atoms with E-state index in [1.807, 2.05) is 26.0 Å². The lowest BCUT2D eigenvalue weighted by Crippen LogP contribution is -2.46. The van der Waals surface area contributed by atoms with Crippen LogP contribution in [-0.2, 0) is 23.6 Å². The number of aryl methyl sites for hydroxylation is 2. The summed E-state index contributed by atoms with van der Waals surface area (Å²) >= 11 is 0. The summed E-state index contributed by atoms with van der Waals surface area (Å²) in [5.74, 6) is -2.01. The van der Waals surface area contributed by atoms with E-state index >= 15 is 0 Å². The van der Waals surface area contributed by atoms with Gasteiger partial charge < -0.3 is 39.2 Å². The van der Waals surface area contributed by atoms with E-state index in [9.17, 15) is 29.1 Å². The van der Waals surface area contributed by atoms with E-state index in [2.05, 4.69) is 10.6 Å². The predicted octanol–water partition coefficient (Wildman–Crippen LogP) is 1.80. The highest BCUT2D eigenvalue weighted by atomic mass is 16.7. The van der Waals surface area contributed by atoms with Crippen LogP contribution >= 0.6 is 0 Å². The van der Waals surface area contributed by atoms with Gasteiger partial charge in [-0.2, -0.15) is 0 Å².